The van der Waals surface area contributed by atoms with E-state index in [1.54, 1.807) is 16.5 Å². The zero-order valence-corrected chi connectivity index (χ0v) is 10.3. The van der Waals surface area contributed by atoms with Gasteiger partial charge >= 0.3 is 0 Å². The lowest BCUT2D eigenvalue weighted by Crippen LogP contribution is -2.25. The Morgan fingerprint density at radius 1 is 1.59 bits per heavy atom. The van der Waals surface area contributed by atoms with Gasteiger partial charge in [-0.3, -0.25) is 9.48 Å². The van der Waals surface area contributed by atoms with Crippen LogP contribution in [0.5, 0.6) is 0 Å². The zero-order valence-electron chi connectivity index (χ0n) is 9.46. The van der Waals surface area contributed by atoms with Crippen molar-refractivity contribution in [2.75, 3.05) is 6.54 Å². The molecule has 6 nitrogen and oxygen atoms in total. The van der Waals surface area contributed by atoms with Crippen molar-refractivity contribution >= 4 is 17.2 Å². The van der Waals surface area contributed by atoms with Crippen LogP contribution in [0.3, 0.4) is 0 Å². The summed E-state index contributed by atoms with van der Waals surface area (Å²) in [6.45, 7) is 3.21. The molecule has 0 atom stereocenters. The van der Waals surface area contributed by atoms with Crippen LogP contribution >= 0.6 is 11.3 Å². The third-order valence-corrected chi connectivity index (χ3v) is 3.20. The number of aryl methyl sites for hydroxylation is 2. The maximum Gasteiger partial charge on any atom is 0.263 e. The van der Waals surface area contributed by atoms with E-state index >= 15 is 0 Å². The Morgan fingerprint density at radius 3 is 3.12 bits per heavy atom. The van der Waals surface area contributed by atoms with Crippen molar-refractivity contribution in [2.45, 2.75) is 19.9 Å². The van der Waals surface area contributed by atoms with Gasteiger partial charge < -0.3 is 5.32 Å². The molecule has 90 valence electrons. The Hall–Kier alpha value is -1.76. The Balaban J connectivity index is 1.72. The molecule has 0 unspecified atom stereocenters. The first-order valence-electron chi connectivity index (χ1n) is 5.28. The number of hydrogen-bond donors (Lipinski definition) is 1. The minimum atomic E-state index is -0.0522. The second kappa shape index (κ2) is 5.53. The molecule has 0 aliphatic rings. The van der Waals surface area contributed by atoms with Gasteiger partial charge in [-0.25, -0.2) is 9.97 Å². The number of amides is 1. The number of thiazole rings is 1. The van der Waals surface area contributed by atoms with E-state index in [0.717, 1.165) is 18.7 Å². The number of carbonyl (C=O) groups is 1. The predicted octanol–water partition coefficient (Wildman–Crippen LogP) is 0.863. The highest BCUT2D eigenvalue weighted by Crippen LogP contribution is 2.11. The smallest absolute Gasteiger partial charge is 0.263 e. The molecule has 2 heterocycles. The molecule has 0 aliphatic carbocycles. The molecule has 17 heavy (non-hydrogen) atoms. The van der Waals surface area contributed by atoms with E-state index in [9.17, 15) is 4.79 Å². The zero-order chi connectivity index (χ0) is 12.1. The molecule has 7 heteroatoms. The summed E-state index contributed by atoms with van der Waals surface area (Å²) in [6, 6.07) is 0. The van der Waals surface area contributed by atoms with E-state index in [2.05, 4.69) is 20.4 Å². The molecule has 1 amide bonds. The van der Waals surface area contributed by atoms with Crippen LogP contribution in [0.4, 0.5) is 0 Å². The lowest BCUT2D eigenvalue weighted by Gasteiger charge is -2.03. The Morgan fingerprint density at radius 2 is 2.47 bits per heavy atom. The molecule has 1 N–H and O–H groups in total. The number of hydrogen-bond acceptors (Lipinski definition) is 5. The van der Waals surface area contributed by atoms with Crippen LogP contribution in [0.25, 0.3) is 0 Å². The molecule has 2 aromatic rings. The van der Waals surface area contributed by atoms with Gasteiger partial charge in [-0.1, -0.05) is 0 Å². The third-order valence-electron chi connectivity index (χ3n) is 2.27. The highest BCUT2D eigenvalue weighted by molar-refractivity contribution is 7.11. The first kappa shape index (κ1) is 11.7. The van der Waals surface area contributed by atoms with Crippen molar-refractivity contribution in [3.63, 3.8) is 0 Å². The Kier molecular flexibility index (Phi) is 3.81. The van der Waals surface area contributed by atoms with Gasteiger partial charge in [-0.15, -0.1) is 11.3 Å². The highest BCUT2D eigenvalue weighted by atomic mass is 32.1. The van der Waals surface area contributed by atoms with Crippen molar-refractivity contribution in [1.29, 1.82) is 0 Å². The lowest BCUT2D eigenvalue weighted by atomic mass is 10.3. The average molecular weight is 251 g/mol. The van der Waals surface area contributed by atoms with Crippen molar-refractivity contribution in [3.8, 4) is 0 Å². The van der Waals surface area contributed by atoms with Gasteiger partial charge in [0, 0.05) is 13.1 Å². The topological polar surface area (TPSA) is 72.7 Å². The van der Waals surface area contributed by atoms with Crippen molar-refractivity contribution in [1.82, 2.24) is 25.1 Å². The van der Waals surface area contributed by atoms with Crippen LogP contribution in [-0.4, -0.2) is 32.2 Å². The van der Waals surface area contributed by atoms with Crippen LogP contribution in [0.2, 0.25) is 0 Å². The standard InChI is InChI=1S/C10H13N5OS/c1-8-9(17-7-13-8)10(16)12-3-2-4-15-6-11-5-14-15/h5-7H,2-4H2,1H3,(H,12,16). The normalized spacial score (nSPS) is 10.4. The fourth-order valence-corrected chi connectivity index (χ4v) is 2.11. The van der Waals surface area contributed by atoms with Crippen molar-refractivity contribution in [3.05, 3.63) is 28.7 Å². The summed E-state index contributed by atoms with van der Waals surface area (Å²) in [7, 11) is 0. The first-order chi connectivity index (χ1) is 8.27. The molecule has 0 saturated heterocycles. The Labute approximate surface area is 103 Å². The molecule has 0 radical (unpaired) electrons. The fourth-order valence-electron chi connectivity index (χ4n) is 1.39. The average Bonchev–Trinajstić information content (AvgIpc) is 2.95. The largest absolute Gasteiger partial charge is 0.351 e. The maximum absolute atomic E-state index is 11.7. The van der Waals surface area contributed by atoms with Gasteiger partial charge in [-0.05, 0) is 13.3 Å². The van der Waals surface area contributed by atoms with Crippen LogP contribution in [0.1, 0.15) is 21.8 Å². The summed E-state index contributed by atoms with van der Waals surface area (Å²) < 4.78 is 1.74. The van der Waals surface area contributed by atoms with Gasteiger partial charge in [0.2, 0.25) is 0 Å². The summed E-state index contributed by atoms with van der Waals surface area (Å²) in [4.78, 5) is 20.3. The van der Waals surface area contributed by atoms with Gasteiger partial charge in [0.15, 0.2) is 0 Å². The van der Waals surface area contributed by atoms with Gasteiger partial charge in [0.05, 0.1) is 11.2 Å². The van der Waals surface area contributed by atoms with E-state index in [1.165, 1.54) is 17.7 Å². The van der Waals surface area contributed by atoms with Crippen LogP contribution in [0.15, 0.2) is 18.2 Å². The second-order valence-electron chi connectivity index (χ2n) is 3.53. The molecule has 0 aliphatic heterocycles. The van der Waals surface area contributed by atoms with E-state index in [4.69, 9.17) is 0 Å². The van der Waals surface area contributed by atoms with E-state index in [1.807, 2.05) is 6.92 Å². The molecule has 0 bridgehead atoms. The lowest BCUT2D eigenvalue weighted by molar-refractivity contribution is 0.0956. The molecule has 0 spiro atoms. The predicted molar refractivity (Wildman–Crippen MR) is 63.8 cm³/mol. The van der Waals surface area contributed by atoms with E-state index in [0.29, 0.717) is 11.4 Å². The maximum atomic E-state index is 11.7. The van der Waals surface area contributed by atoms with E-state index < -0.39 is 0 Å². The molecule has 2 rings (SSSR count). The minimum absolute atomic E-state index is 0.0522. The second-order valence-corrected chi connectivity index (χ2v) is 4.39. The summed E-state index contributed by atoms with van der Waals surface area (Å²) >= 11 is 1.36. The quantitative estimate of drug-likeness (QED) is 0.800. The number of aromatic nitrogens is 4. The van der Waals surface area contributed by atoms with Gasteiger partial charge in [0.1, 0.15) is 17.5 Å². The van der Waals surface area contributed by atoms with Gasteiger partial charge in [0.25, 0.3) is 5.91 Å². The summed E-state index contributed by atoms with van der Waals surface area (Å²) in [5.74, 6) is -0.0522. The summed E-state index contributed by atoms with van der Waals surface area (Å²) in [5, 5.41) is 6.84. The SMILES string of the molecule is Cc1ncsc1C(=O)NCCCn1cncn1. The van der Waals surface area contributed by atoms with Crippen molar-refractivity contribution < 1.29 is 4.79 Å². The fraction of sp³-hybridized carbons (Fsp3) is 0.400. The third kappa shape index (κ3) is 3.10. The molecular weight excluding hydrogens is 238 g/mol. The number of carbonyl (C=O) groups excluding carboxylic acids is 1. The Bertz CT molecular complexity index is 479. The van der Waals surface area contributed by atoms with Crippen LogP contribution < -0.4 is 5.32 Å². The molecular formula is C10H13N5OS. The number of rotatable bonds is 5. The highest BCUT2D eigenvalue weighted by Gasteiger charge is 2.10. The number of nitrogens with zero attached hydrogens (tertiary/aromatic N) is 4. The molecule has 0 fully saturated rings. The molecule has 0 aromatic carbocycles. The molecule has 2 aromatic heterocycles. The molecule has 0 saturated carbocycles. The first-order valence-corrected chi connectivity index (χ1v) is 6.16. The summed E-state index contributed by atoms with van der Waals surface area (Å²) in [5.41, 5.74) is 2.46. The monoisotopic (exact) mass is 251 g/mol. The van der Waals surface area contributed by atoms with E-state index in [-0.39, 0.29) is 5.91 Å². The van der Waals surface area contributed by atoms with Crippen LogP contribution in [0, 0.1) is 6.92 Å². The van der Waals surface area contributed by atoms with Gasteiger partial charge in [-0.2, -0.15) is 5.10 Å². The number of nitrogens with one attached hydrogen (secondary N) is 1. The summed E-state index contributed by atoms with van der Waals surface area (Å²) in [6.07, 6.45) is 3.99. The minimum Gasteiger partial charge on any atom is -0.351 e. The van der Waals surface area contributed by atoms with Crippen molar-refractivity contribution in [2.24, 2.45) is 0 Å². The van der Waals surface area contributed by atoms with Crippen LogP contribution in [-0.2, 0) is 6.54 Å².